The lowest BCUT2D eigenvalue weighted by atomic mass is 10.2. The predicted octanol–water partition coefficient (Wildman–Crippen LogP) is 3.32. The van der Waals surface area contributed by atoms with E-state index in [0.717, 1.165) is 17.0 Å². The number of hydrazine groups is 1. The molecule has 0 aliphatic rings. The molecule has 28 heavy (non-hydrogen) atoms. The number of benzene rings is 1. The van der Waals surface area contributed by atoms with Crippen molar-refractivity contribution in [1.29, 1.82) is 0 Å². The van der Waals surface area contributed by atoms with Gasteiger partial charge in [-0.25, -0.2) is 10.4 Å². The summed E-state index contributed by atoms with van der Waals surface area (Å²) < 4.78 is 6.95. The Morgan fingerprint density at radius 1 is 1.04 bits per heavy atom. The molecule has 0 bridgehead atoms. The van der Waals surface area contributed by atoms with Crippen LogP contribution in [0.4, 0.5) is 11.5 Å². The van der Waals surface area contributed by atoms with Crippen LogP contribution in [-0.4, -0.2) is 9.38 Å². The number of fused-ring (bicyclic) bond motifs is 1. The van der Waals surface area contributed by atoms with Gasteiger partial charge in [0, 0.05) is 18.4 Å². The second-order valence-corrected chi connectivity index (χ2v) is 6.41. The van der Waals surface area contributed by atoms with Crippen LogP contribution in [0, 0.1) is 6.92 Å². The van der Waals surface area contributed by atoms with Crippen molar-refractivity contribution in [2.24, 2.45) is 0 Å². The minimum Gasteiger partial charge on any atom is -0.467 e. The monoisotopic (exact) mass is 375 g/mol. The lowest BCUT2D eigenvalue weighted by Gasteiger charge is -2.14. The third kappa shape index (κ3) is 3.74. The average molecular weight is 375 g/mol. The van der Waals surface area contributed by atoms with Crippen molar-refractivity contribution < 1.29 is 4.42 Å². The van der Waals surface area contributed by atoms with Crippen LogP contribution in [0.15, 0.2) is 76.3 Å². The molecule has 0 fully saturated rings. The molecule has 3 heterocycles. The summed E-state index contributed by atoms with van der Waals surface area (Å²) in [5.41, 5.74) is 9.12. The molecule has 0 aliphatic heterocycles. The van der Waals surface area contributed by atoms with Gasteiger partial charge in [0.1, 0.15) is 17.2 Å². The molecule has 3 N–H and O–H groups in total. The highest BCUT2D eigenvalue weighted by Crippen LogP contribution is 2.15. The number of hydrogen-bond acceptors (Lipinski definition) is 6. The highest BCUT2D eigenvalue weighted by atomic mass is 16.3. The van der Waals surface area contributed by atoms with Gasteiger partial charge in [0.2, 0.25) is 0 Å². The number of aromatic nitrogens is 2. The molecule has 7 nitrogen and oxygen atoms in total. The molecule has 0 saturated heterocycles. The molecule has 4 rings (SSSR count). The zero-order valence-electron chi connectivity index (χ0n) is 15.5. The van der Waals surface area contributed by atoms with E-state index in [4.69, 9.17) is 9.40 Å². The molecule has 0 atom stereocenters. The van der Waals surface area contributed by atoms with Crippen LogP contribution in [0.25, 0.3) is 5.65 Å². The van der Waals surface area contributed by atoms with Crippen LogP contribution in [-0.2, 0) is 13.1 Å². The summed E-state index contributed by atoms with van der Waals surface area (Å²) in [7, 11) is 0. The highest BCUT2D eigenvalue weighted by molar-refractivity contribution is 5.55. The van der Waals surface area contributed by atoms with Gasteiger partial charge in [-0.3, -0.25) is 9.20 Å². The third-order valence-corrected chi connectivity index (χ3v) is 4.42. The number of nitrogens with zero attached hydrogens (tertiary/aromatic N) is 2. The molecule has 0 saturated carbocycles. The van der Waals surface area contributed by atoms with E-state index in [0.29, 0.717) is 30.1 Å². The number of para-hydroxylation sites is 1. The normalized spacial score (nSPS) is 10.9. The van der Waals surface area contributed by atoms with E-state index in [1.165, 1.54) is 0 Å². The Balaban J connectivity index is 1.64. The summed E-state index contributed by atoms with van der Waals surface area (Å²) in [5.74, 6) is 1.31. The van der Waals surface area contributed by atoms with Gasteiger partial charge < -0.3 is 15.2 Å². The minimum absolute atomic E-state index is 0.113. The standard InChI is InChI=1S/C21H21N5O2/c1-15-7-5-11-26-20(15)24-19(22-13-17-10-6-12-28-17)18(21(26)27)14-23-25-16-8-3-2-4-9-16/h2-12,22-23,25H,13-14H2,1H3. The van der Waals surface area contributed by atoms with Gasteiger partial charge in [0.15, 0.2) is 0 Å². The second-order valence-electron chi connectivity index (χ2n) is 6.41. The first kappa shape index (κ1) is 17.8. The fourth-order valence-electron chi connectivity index (χ4n) is 2.98. The zero-order chi connectivity index (χ0) is 19.3. The molecular weight excluding hydrogens is 354 g/mol. The van der Waals surface area contributed by atoms with Gasteiger partial charge in [-0.2, -0.15) is 0 Å². The molecule has 142 valence electrons. The summed E-state index contributed by atoms with van der Waals surface area (Å²) in [6.07, 6.45) is 3.36. The van der Waals surface area contributed by atoms with E-state index >= 15 is 0 Å². The lowest BCUT2D eigenvalue weighted by molar-refractivity contribution is 0.517. The van der Waals surface area contributed by atoms with Gasteiger partial charge in [-0.05, 0) is 42.8 Å². The summed E-state index contributed by atoms with van der Waals surface area (Å²) in [4.78, 5) is 17.8. The van der Waals surface area contributed by atoms with Crippen molar-refractivity contribution in [3.8, 4) is 0 Å². The van der Waals surface area contributed by atoms with Gasteiger partial charge in [-0.15, -0.1) is 0 Å². The Morgan fingerprint density at radius 3 is 2.68 bits per heavy atom. The minimum atomic E-state index is -0.113. The first-order valence-electron chi connectivity index (χ1n) is 9.03. The Labute approximate surface area is 162 Å². The third-order valence-electron chi connectivity index (χ3n) is 4.42. The zero-order valence-corrected chi connectivity index (χ0v) is 15.5. The average Bonchev–Trinajstić information content (AvgIpc) is 3.23. The van der Waals surface area contributed by atoms with Gasteiger partial charge in [0.05, 0.1) is 18.4 Å². The first-order valence-corrected chi connectivity index (χ1v) is 9.03. The molecule has 0 unspecified atom stereocenters. The van der Waals surface area contributed by atoms with Crippen molar-refractivity contribution in [1.82, 2.24) is 14.8 Å². The van der Waals surface area contributed by atoms with E-state index in [1.807, 2.05) is 61.5 Å². The Kier molecular flexibility index (Phi) is 5.07. The fraction of sp³-hybridized carbons (Fsp3) is 0.143. The largest absolute Gasteiger partial charge is 0.467 e. The van der Waals surface area contributed by atoms with Crippen molar-refractivity contribution in [2.75, 3.05) is 10.7 Å². The Hall–Kier alpha value is -3.58. The van der Waals surface area contributed by atoms with E-state index < -0.39 is 0 Å². The quantitative estimate of drug-likeness (QED) is 0.430. The molecule has 0 amide bonds. The molecule has 0 radical (unpaired) electrons. The SMILES string of the molecule is Cc1cccn2c(=O)c(CNNc3ccccc3)c(NCc3ccco3)nc12. The topological polar surface area (TPSA) is 83.6 Å². The van der Waals surface area contributed by atoms with Crippen LogP contribution >= 0.6 is 0 Å². The maximum Gasteiger partial charge on any atom is 0.264 e. The van der Waals surface area contributed by atoms with E-state index in [9.17, 15) is 4.79 Å². The summed E-state index contributed by atoms with van der Waals surface area (Å²) >= 11 is 0. The Bertz CT molecular complexity index is 1120. The van der Waals surface area contributed by atoms with Crippen molar-refractivity contribution >= 4 is 17.2 Å². The number of anilines is 2. The maximum atomic E-state index is 13.1. The van der Waals surface area contributed by atoms with E-state index in [-0.39, 0.29) is 5.56 Å². The van der Waals surface area contributed by atoms with E-state index in [1.54, 1.807) is 16.9 Å². The fourth-order valence-corrected chi connectivity index (χ4v) is 2.98. The number of pyridine rings is 1. The van der Waals surface area contributed by atoms with E-state index in [2.05, 4.69) is 16.2 Å². The van der Waals surface area contributed by atoms with Gasteiger partial charge in [-0.1, -0.05) is 24.3 Å². The summed E-state index contributed by atoms with van der Waals surface area (Å²) in [6, 6.07) is 17.2. The molecule has 4 aromatic rings. The number of furan rings is 1. The Morgan fingerprint density at radius 2 is 1.89 bits per heavy atom. The smallest absolute Gasteiger partial charge is 0.264 e. The lowest BCUT2D eigenvalue weighted by Crippen LogP contribution is -2.29. The van der Waals surface area contributed by atoms with Gasteiger partial charge >= 0.3 is 0 Å². The molecule has 0 aliphatic carbocycles. The number of hydrogen-bond donors (Lipinski definition) is 3. The predicted molar refractivity (Wildman–Crippen MR) is 109 cm³/mol. The van der Waals surface area contributed by atoms with Crippen molar-refractivity contribution in [2.45, 2.75) is 20.0 Å². The molecular formula is C21H21N5O2. The van der Waals surface area contributed by atoms with Gasteiger partial charge in [0.25, 0.3) is 5.56 Å². The first-order chi connectivity index (χ1) is 13.7. The van der Waals surface area contributed by atoms with Crippen LogP contribution in [0.3, 0.4) is 0 Å². The summed E-state index contributed by atoms with van der Waals surface area (Å²) in [5, 5.41) is 3.24. The van der Waals surface area contributed by atoms with Crippen molar-refractivity contribution in [3.63, 3.8) is 0 Å². The van der Waals surface area contributed by atoms with Crippen LogP contribution in [0.2, 0.25) is 0 Å². The van der Waals surface area contributed by atoms with Crippen LogP contribution < -0.4 is 21.7 Å². The highest BCUT2D eigenvalue weighted by Gasteiger charge is 2.14. The number of aryl methyl sites for hydroxylation is 1. The molecule has 7 heteroatoms. The van der Waals surface area contributed by atoms with Crippen molar-refractivity contribution in [3.05, 3.63) is 94.3 Å². The number of rotatable bonds is 7. The van der Waals surface area contributed by atoms with Crippen LogP contribution in [0.5, 0.6) is 0 Å². The molecule has 3 aromatic heterocycles. The molecule has 1 aromatic carbocycles. The molecule has 0 spiro atoms. The second kappa shape index (κ2) is 7.98. The number of nitrogens with one attached hydrogen (secondary N) is 3. The maximum absolute atomic E-state index is 13.1. The van der Waals surface area contributed by atoms with Crippen LogP contribution in [0.1, 0.15) is 16.9 Å². The summed E-state index contributed by atoms with van der Waals surface area (Å²) in [6.45, 7) is 2.69.